The average molecular weight is 287 g/mol. The van der Waals surface area contributed by atoms with Crippen LogP contribution < -0.4 is 5.32 Å². The van der Waals surface area contributed by atoms with Gasteiger partial charge in [-0.05, 0) is 18.2 Å². The van der Waals surface area contributed by atoms with Crippen LogP contribution in [0.1, 0.15) is 6.42 Å². The summed E-state index contributed by atoms with van der Waals surface area (Å²) in [6.45, 7) is 0.737. The van der Waals surface area contributed by atoms with Gasteiger partial charge in [-0.2, -0.15) is 0 Å². The van der Waals surface area contributed by atoms with Gasteiger partial charge in [-0.1, -0.05) is 11.6 Å². The molecular weight excluding hydrogens is 275 g/mol. The van der Waals surface area contributed by atoms with Crippen molar-refractivity contribution in [2.45, 2.75) is 6.42 Å². The number of carbonyl (C=O) groups is 2. The molecule has 0 radical (unpaired) electrons. The smallest absolute Gasteiger partial charge is 0.321 e. The molecule has 1 saturated heterocycles. The van der Waals surface area contributed by atoms with E-state index < -0.39 is 17.8 Å². The molecule has 2 rings (SSSR count). The van der Waals surface area contributed by atoms with Gasteiger partial charge in [0.2, 0.25) is 0 Å². The lowest BCUT2D eigenvalue weighted by molar-refractivity contribution is -0.139. The molecule has 1 aliphatic heterocycles. The zero-order chi connectivity index (χ0) is 14.0. The van der Waals surface area contributed by atoms with E-state index in [2.05, 4.69) is 5.32 Å². The van der Waals surface area contributed by atoms with Crippen LogP contribution in [-0.2, 0) is 4.79 Å². The zero-order valence-electron chi connectivity index (χ0n) is 9.90. The predicted octanol–water partition coefficient (Wildman–Crippen LogP) is 2.42. The van der Waals surface area contributed by atoms with Gasteiger partial charge in [0.15, 0.2) is 0 Å². The van der Waals surface area contributed by atoms with Gasteiger partial charge >= 0.3 is 12.0 Å². The first-order valence-electron chi connectivity index (χ1n) is 5.68. The number of likely N-dealkylation sites (tertiary alicyclic amines) is 1. The van der Waals surface area contributed by atoms with Gasteiger partial charge in [-0.25, -0.2) is 9.18 Å². The fraction of sp³-hybridized carbons (Fsp3) is 0.333. The third-order valence-corrected chi connectivity index (χ3v) is 3.12. The van der Waals surface area contributed by atoms with Crippen LogP contribution in [0.5, 0.6) is 0 Å². The number of anilines is 1. The number of nitrogens with zero attached hydrogens (tertiary/aromatic N) is 1. The summed E-state index contributed by atoms with van der Waals surface area (Å²) in [7, 11) is 0. The zero-order valence-corrected chi connectivity index (χ0v) is 10.7. The van der Waals surface area contributed by atoms with Crippen molar-refractivity contribution in [3.63, 3.8) is 0 Å². The highest BCUT2D eigenvalue weighted by Crippen LogP contribution is 2.22. The molecule has 102 valence electrons. The van der Waals surface area contributed by atoms with Crippen LogP contribution in [-0.4, -0.2) is 35.1 Å². The van der Waals surface area contributed by atoms with E-state index in [1.165, 1.54) is 17.0 Å². The highest BCUT2D eigenvalue weighted by atomic mass is 35.5. The van der Waals surface area contributed by atoms with Gasteiger partial charge in [-0.3, -0.25) is 4.79 Å². The van der Waals surface area contributed by atoms with Crippen molar-refractivity contribution < 1.29 is 19.1 Å². The van der Waals surface area contributed by atoms with E-state index in [1.54, 1.807) is 0 Å². The van der Waals surface area contributed by atoms with Gasteiger partial charge in [0.1, 0.15) is 5.82 Å². The van der Waals surface area contributed by atoms with E-state index in [0.29, 0.717) is 13.1 Å². The number of hydrogen-bond acceptors (Lipinski definition) is 2. The van der Waals surface area contributed by atoms with Crippen LogP contribution in [0.3, 0.4) is 0 Å². The average Bonchev–Trinajstić information content (AvgIpc) is 2.26. The Morgan fingerprint density at radius 1 is 1.47 bits per heavy atom. The van der Waals surface area contributed by atoms with Gasteiger partial charge in [0, 0.05) is 24.0 Å². The Kier molecular flexibility index (Phi) is 3.90. The first-order valence-corrected chi connectivity index (χ1v) is 6.06. The first kappa shape index (κ1) is 13.6. The molecule has 1 aromatic carbocycles. The summed E-state index contributed by atoms with van der Waals surface area (Å²) in [5.74, 6) is -1.52. The van der Waals surface area contributed by atoms with Crippen molar-refractivity contribution in [3.8, 4) is 0 Å². The summed E-state index contributed by atoms with van der Waals surface area (Å²) >= 11 is 5.60. The molecule has 5 nitrogen and oxygen atoms in total. The highest BCUT2D eigenvalue weighted by Gasteiger charge is 2.32. The standard InChI is InChI=1S/C12H12ClFN2O3/c13-8-1-2-10(9(14)4-8)15-12(19)16-5-7(6-16)3-11(17)18/h1-2,4,7H,3,5-6H2,(H,15,19)(H,17,18). The molecule has 1 aromatic rings. The van der Waals surface area contributed by atoms with Gasteiger partial charge in [0.05, 0.1) is 12.1 Å². The molecule has 0 spiro atoms. The largest absolute Gasteiger partial charge is 0.481 e. The van der Waals surface area contributed by atoms with Crippen LogP contribution >= 0.6 is 11.6 Å². The third kappa shape index (κ3) is 3.35. The monoisotopic (exact) mass is 286 g/mol. The number of hydrogen-bond donors (Lipinski definition) is 2. The van der Waals surface area contributed by atoms with Crippen LogP contribution in [0, 0.1) is 11.7 Å². The molecule has 0 atom stereocenters. The molecule has 19 heavy (non-hydrogen) atoms. The minimum Gasteiger partial charge on any atom is -0.481 e. The fourth-order valence-electron chi connectivity index (χ4n) is 1.90. The Morgan fingerprint density at radius 3 is 2.74 bits per heavy atom. The van der Waals surface area contributed by atoms with E-state index in [4.69, 9.17) is 16.7 Å². The summed E-state index contributed by atoms with van der Waals surface area (Å²) in [6, 6.07) is 3.52. The van der Waals surface area contributed by atoms with E-state index in [-0.39, 0.29) is 23.0 Å². The number of rotatable bonds is 3. The Labute approximate surface area is 114 Å². The summed E-state index contributed by atoms with van der Waals surface area (Å²) in [5.41, 5.74) is 0.0519. The van der Waals surface area contributed by atoms with Crippen molar-refractivity contribution in [1.29, 1.82) is 0 Å². The summed E-state index contributed by atoms with van der Waals surface area (Å²) < 4.78 is 13.4. The molecule has 0 unspecified atom stereocenters. The molecule has 1 fully saturated rings. The first-order chi connectivity index (χ1) is 8.95. The Morgan fingerprint density at radius 2 is 2.16 bits per heavy atom. The lowest BCUT2D eigenvalue weighted by Gasteiger charge is -2.38. The van der Waals surface area contributed by atoms with Crippen LogP contribution in [0.4, 0.5) is 14.9 Å². The molecule has 0 bridgehead atoms. The Bertz CT molecular complexity index is 518. The molecule has 2 amide bonds. The lowest BCUT2D eigenvalue weighted by Crippen LogP contribution is -2.52. The summed E-state index contributed by atoms with van der Waals surface area (Å²) in [6.07, 6.45) is 0.0408. The van der Waals surface area contributed by atoms with Gasteiger partial charge < -0.3 is 15.3 Å². The number of halogens is 2. The number of carboxylic acids is 1. The molecule has 0 saturated carbocycles. The molecule has 0 aliphatic carbocycles. The number of benzene rings is 1. The van der Waals surface area contributed by atoms with E-state index in [0.717, 1.165) is 6.07 Å². The summed E-state index contributed by atoms with van der Waals surface area (Å²) in [5, 5.41) is 11.3. The minimum atomic E-state index is -0.881. The second-order valence-electron chi connectivity index (χ2n) is 4.42. The number of amides is 2. The maximum Gasteiger partial charge on any atom is 0.321 e. The summed E-state index contributed by atoms with van der Waals surface area (Å²) in [4.78, 5) is 23.6. The minimum absolute atomic E-state index is 0.0293. The topological polar surface area (TPSA) is 69.6 Å². The van der Waals surface area contributed by atoms with Crippen molar-refractivity contribution in [1.82, 2.24) is 4.90 Å². The molecule has 2 N–H and O–H groups in total. The fourth-order valence-corrected chi connectivity index (χ4v) is 2.06. The van der Waals surface area contributed by atoms with Crippen molar-refractivity contribution in [2.75, 3.05) is 18.4 Å². The van der Waals surface area contributed by atoms with Crippen LogP contribution in [0.25, 0.3) is 0 Å². The Balaban J connectivity index is 1.87. The third-order valence-electron chi connectivity index (χ3n) is 2.88. The number of urea groups is 1. The van der Waals surface area contributed by atoms with Crippen molar-refractivity contribution >= 4 is 29.3 Å². The maximum atomic E-state index is 13.4. The lowest BCUT2D eigenvalue weighted by atomic mass is 9.97. The van der Waals surface area contributed by atoms with E-state index >= 15 is 0 Å². The number of carboxylic acid groups (broad SMARTS) is 1. The predicted molar refractivity (Wildman–Crippen MR) is 67.7 cm³/mol. The Hall–Kier alpha value is -1.82. The highest BCUT2D eigenvalue weighted by molar-refractivity contribution is 6.30. The maximum absolute atomic E-state index is 13.4. The number of carbonyl (C=O) groups excluding carboxylic acids is 1. The quantitative estimate of drug-likeness (QED) is 0.896. The molecule has 1 heterocycles. The molecule has 1 aliphatic rings. The van der Waals surface area contributed by atoms with Gasteiger partial charge in [-0.15, -0.1) is 0 Å². The SMILES string of the molecule is O=C(O)CC1CN(C(=O)Nc2ccc(Cl)cc2F)C1. The van der Waals surface area contributed by atoms with Crippen molar-refractivity contribution in [3.05, 3.63) is 29.0 Å². The number of nitrogens with one attached hydrogen (secondary N) is 1. The second kappa shape index (κ2) is 5.44. The normalized spacial score (nSPS) is 14.9. The van der Waals surface area contributed by atoms with E-state index in [9.17, 15) is 14.0 Å². The van der Waals surface area contributed by atoms with Crippen LogP contribution in [0.15, 0.2) is 18.2 Å². The van der Waals surface area contributed by atoms with Gasteiger partial charge in [0.25, 0.3) is 0 Å². The van der Waals surface area contributed by atoms with Crippen LogP contribution in [0.2, 0.25) is 5.02 Å². The molecule has 0 aromatic heterocycles. The van der Waals surface area contributed by atoms with E-state index in [1.807, 2.05) is 0 Å². The number of aliphatic carboxylic acids is 1. The molecule has 7 heteroatoms. The molecular formula is C12H12ClFN2O3. The second-order valence-corrected chi connectivity index (χ2v) is 4.86. The van der Waals surface area contributed by atoms with Crippen molar-refractivity contribution in [2.24, 2.45) is 5.92 Å².